The minimum Gasteiger partial charge on any atom is -0.458 e. The number of fused-ring (bicyclic) bond motifs is 6. The smallest absolute Gasteiger partial charge is 0.340 e. The van der Waals surface area contributed by atoms with Crippen molar-refractivity contribution in [2.24, 2.45) is 17.6 Å². The number of unbranched alkanes of at least 4 members (excludes halogenated alkanes) is 1. The second-order valence-corrected chi connectivity index (χ2v) is 18.1. The topological polar surface area (TPSA) is 305 Å². The van der Waals surface area contributed by atoms with Crippen LogP contribution in [0.15, 0.2) is 35.1 Å². The summed E-state index contributed by atoms with van der Waals surface area (Å²) in [5.41, 5.74) is 8.35. The fraction of sp³-hybridized carbons (Fsp3) is 0.540. The predicted molar refractivity (Wildman–Crippen MR) is 257 cm³/mol. The van der Waals surface area contributed by atoms with E-state index in [1.807, 2.05) is 13.8 Å². The third kappa shape index (κ3) is 13.7. The third-order valence-electron chi connectivity index (χ3n) is 12.8. The van der Waals surface area contributed by atoms with Crippen LogP contribution >= 0.6 is 0 Å². The zero-order valence-corrected chi connectivity index (χ0v) is 41.0. The number of rotatable bonds is 30. The molecule has 0 radical (unpaired) electrons. The van der Waals surface area contributed by atoms with E-state index in [1.165, 1.54) is 16.7 Å². The van der Waals surface area contributed by atoms with Crippen molar-refractivity contribution in [2.45, 2.75) is 84.2 Å². The highest BCUT2D eigenvalue weighted by molar-refractivity contribution is 6.13. The van der Waals surface area contributed by atoms with Crippen LogP contribution in [-0.4, -0.2) is 146 Å². The highest BCUT2D eigenvalue weighted by Gasteiger charge is 2.36. The minimum absolute atomic E-state index is 0.00226. The summed E-state index contributed by atoms with van der Waals surface area (Å²) in [6, 6.07) is 4.22. The Balaban J connectivity index is 0.839. The number of ketones is 1. The number of aliphatic hydroxyl groups excluding tert-OH is 1. The number of nitrogens with one attached hydrogen (secondary N) is 3. The first-order valence-corrected chi connectivity index (χ1v) is 24.5. The van der Waals surface area contributed by atoms with Gasteiger partial charge in [-0.05, 0) is 43.0 Å². The first kappa shape index (κ1) is 54.2. The Labute approximate surface area is 420 Å². The van der Waals surface area contributed by atoms with Crippen molar-refractivity contribution in [2.75, 3.05) is 79.3 Å². The number of hydrogen-bond acceptors (Lipinski definition) is 18. The SMILES string of the molecule is CC(C)C(NC(=O)CCOCCOCCOCCOCCNC(=O)CCN1C(=O)C=CC1=O)C(=O)C[C@@H](CCCCN)C(=O)NCc1c2c(nc3cc4c(cc13)OCO4)-c1cc3c(c(=O)n1C2)COC(=O)[C@H]3O. The fourth-order valence-corrected chi connectivity index (χ4v) is 8.86. The van der Waals surface area contributed by atoms with Gasteiger partial charge in [0, 0.05) is 79.5 Å². The molecule has 0 aliphatic carbocycles. The average Bonchev–Trinajstić information content (AvgIpc) is 4.08. The number of ether oxygens (including phenoxy) is 7. The van der Waals surface area contributed by atoms with E-state index in [0.29, 0.717) is 97.2 Å². The molecule has 1 unspecified atom stereocenters. The van der Waals surface area contributed by atoms with E-state index in [1.54, 1.807) is 18.2 Å². The number of nitrogens with two attached hydrogens (primary N) is 1. The molecule has 0 saturated carbocycles. The number of Topliss-reactive ketones (excluding diaryl/α,β-unsaturated/α-hetero) is 1. The van der Waals surface area contributed by atoms with Gasteiger partial charge in [0.2, 0.25) is 24.5 Å². The molecule has 3 aromatic rings. The minimum atomic E-state index is -1.63. The van der Waals surface area contributed by atoms with E-state index in [4.69, 9.17) is 43.9 Å². The van der Waals surface area contributed by atoms with E-state index in [-0.39, 0.29) is 126 Å². The number of aliphatic hydroxyl groups is 1. The molecular formula is C50H63N7O16. The summed E-state index contributed by atoms with van der Waals surface area (Å²) in [5, 5.41) is 19.9. The largest absolute Gasteiger partial charge is 0.458 e. The molecule has 7 rings (SSSR count). The number of esters is 1. The highest BCUT2D eigenvalue weighted by atomic mass is 16.7. The molecule has 23 heteroatoms. The van der Waals surface area contributed by atoms with Crippen LogP contribution in [0.25, 0.3) is 22.3 Å². The molecule has 0 fully saturated rings. The molecule has 5 amide bonds. The number of amides is 5. The zero-order chi connectivity index (χ0) is 52.0. The molecule has 4 aliphatic rings. The lowest BCUT2D eigenvalue weighted by atomic mass is 9.89. The van der Waals surface area contributed by atoms with Crippen LogP contribution in [0.4, 0.5) is 0 Å². The van der Waals surface area contributed by atoms with Crippen molar-refractivity contribution in [1.82, 2.24) is 30.4 Å². The van der Waals surface area contributed by atoms with Gasteiger partial charge in [-0.2, -0.15) is 0 Å². The van der Waals surface area contributed by atoms with Crippen LogP contribution in [0.5, 0.6) is 11.5 Å². The van der Waals surface area contributed by atoms with Gasteiger partial charge in [-0.1, -0.05) is 20.3 Å². The van der Waals surface area contributed by atoms with E-state index in [0.717, 1.165) is 4.90 Å². The van der Waals surface area contributed by atoms with Crippen molar-refractivity contribution < 1.29 is 71.8 Å². The fourth-order valence-electron chi connectivity index (χ4n) is 8.86. The molecule has 0 saturated heterocycles. The Morgan fingerprint density at radius 2 is 1.49 bits per heavy atom. The summed E-state index contributed by atoms with van der Waals surface area (Å²) in [7, 11) is 0. The normalized spacial score (nSPS) is 16.1. The van der Waals surface area contributed by atoms with Crippen molar-refractivity contribution in [3.05, 3.63) is 63.0 Å². The van der Waals surface area contributed by atoms with Crippen LogP contribution in [0.1, 0.15) is 80.7 Å². The molecule has 394 valence electrons. The van der Waals surface area contributed by atoms with Crippen LogP contribution in [0.2, 0.25) is 0 Å². The lowest BCUT2D eigenvalue weighted by Gasteiger charge is -2.24. The molecule has 23 nitrogen and oxygen atoms in total. The number of cyclic esters (lactones) is 1. The molecule has 0 spiro atoms. The van der Waals surface area contributed by atoms with Crippen LogP contribution in [0, 0.1) is 11.8 Å². The quantitative estimate of drug-likeness (QED) is 0.0271. The standard InChI is InChI=1S/C50H63N7O16/c1-29(2)45(55-42(60)9-13-67-15-17-69-19-20-70-18-16-68-14-11-52-41(59)8-12-56-43(61)6-7-44(56)62)38(58)21-30(5-3-4-10-51)48(64)53-25-33-31-23-39-40(73-28-72-39)24-36(31)54-46-34(33)26-57-37(46)22-32-35(49(57)65)27-71-50(66)47(32)63/h6-7,22-24,29-30,45,47,63H,3-5,8-21,25-28,51H2,1-2H3,(H,52,59)(H,53,64)(H,55,60)/t30-,45?,47+/m1/s1. The monoisotopic (exact) mass is 1020 g/mol. The van der Waals surface area contributed by atoms with Crippen molar-refractivity contribution >= 4 is 52.2 Å². The van der Waals surface area contributed by atoms with Gasteiger partial charge >= 0.3 is 5.97 Å². The maximum absolute atomic E-state index is 14.2. The Bertz CT molecular complexity index is 2630. The van der Waals surface area contributed by atoms with Gasteiger partial charge in [-0.3, -0.25) is 38.5 Å². The van der Waals surface area contributed by atoms with Gasteiger partial charge in [-0.15, -0.1) is 0 Å². The molecular weight excluding hydrogens is 955 g/mol. The summed E-state index contributed by atoms with van der Waals surface area (Å²) in [6.45, 7) is 6.26. The molecule has 3 atom stereocenters. The number of imide groups is 1. The number of pyridine rings is 2. The first-order chi connectivity index (χ1) is 35.2. The van der Waals surface area contributed by atoms with Crippen molar-refractivity contribution in [1.29, 1.82) is 0 Å². The Morgan fingerprint density at radius 3 is 2.18 bits per heavy atom. The summed E-state index contributed by atoms with van der Waals surface area (Å²) in [6.07, 6.45) is 2.17. The molecule has 73 heavy (non-hydrogen) atoms. The van der Waals surface area contributed by atoms with Gasteiger partial charge in [0.1, 0.15) is 6.61 Å². The van der Waals surface area contributed by atoms with E-state index in [2.05, 4.69) is 16.0 Å². The van der Waals surface area contributed by atoms with Gasteiger partial charge in [0.05, 0.1) is 87.9 Å². The number of aromatic nitrogens is 2. The Morgan fingerprint density at radius 1 is 0.822 bits per heavy atom. The lowest BCUT2D eigenvalue weighted by Crippen LogP contribution is -2.46. The molecule has 4 aliphatic heterocycles. The molecule has 6 heterocycles. The van der Waals surface area contributed by atoms with E-state index in [9.17, 15) is 43.5 Å². The van der Waals surface area contributed by atoms with Crippen LogP contribution < -0.4 is 36.7 Å². The second-order valence-electron chi connectivity index (χ2n) is 18.1. The number of nitrogens with zero attached hydrogens (tertiary/aromatic N) is 3. The summed E-state index contributed by atoms with van der Waals surface area (Å²) in [5.74, 6) is -3.13. The van der Waals surface area contributed by atoms with Crippen molar-refractivity contribution in [3.8, 4) is 22.9 Å². The van der Waals surface area contributed by atoms with Gasteiger partial charge in [0.15, 0.2) is 23.4 Å². The number of carbonyl (C=O) groups excluding carboxylic acids is 7. The van der Waals surface area contributed by atoms with Crippen molar-refractivity contribution in [3.63, 3.8) is 0 Å². The number of benzene rings is 1. The molecule has 6 N–H and O–H groups in total. The molecule has 2 aromatic heterocycles. The summed E-state index contributed by atoms with van der Waals surface area (Å²) in [4.78, 5) is 108. The number of carbonyl (C=O) groups is 7. The van der Waals surface area contributed by atoms with Crippen LogP contribution in [0.3, 0.4) is 0 Å². The molecule has 0 bridgehead atoms. The summed E-state index contributed by atoms with van der Waals surface area (Å²) >= 11 is 0. The second kappa shape index (κ2) is 25.8. The summed E-state index contributed by atoms with van der Waals surface area (Å²) < 4.78 is 39.9. The van der Waals surface area contributed by atoms with Gasteiger partial charge in [0.25, 0.3) is 17.4 Å². The van der Waals surface area contributed by atoms with E-state index < -0.39 is 41.4 Å². The third-order valence-corrected chi connectivity index (χ3v) is 12.8. The predicted octanol–water partition coefficient (Wildman–Crippen LogP) is 0.593. The average molecular weight is 1020 g/mol. The maximum Gasteiger partial charge on any atom is 0.340 e. The number of hydrogen-bond donors (Lipinski definition) is 5. The Kier molecular flexibility index (Phi) is 19.2. The van der Waals surface area contributed by atoms with E-state index >= 15 is 0 Å². The highest BCUT2D eigenvalue weighted by Crippen LogP contribution is 2.42. The zero-order valence-electron chi connectivity index (χ0n) is 41.0. The maximum atomic E-state index is 14.2. The van der Waals surface area contributed by atoms with Crippen LogP contribution in [-0.2, 0) is 76.9 Å². The first-order valence-electron chi connectivity index (χ1n) is 24.5. The molecule has 1 aromatic carbocycles. The van der Waals surface area contributed by atoms with Gasteiger partial charge in [-0.25, -0.2) is 9.78 Å². The Hall–Kier alpha value is -6.63. The lowest BCUT2D eigenvalue weighted by molar-refractivity contribution is -0.157. The van der Waals surface area contributed by atoms with Gasteiger partial charge < -0.3 is 64.5 Å².